The van der Waals surface area contributed by atoms with Crippen LogP contribution >= 0.6 is 0 Å². The summed E-state index contributed by atoms with van der Waals surface area (Å²) in [7, 11) is 0. The van der Waals surface area contributed by atoms with Gasteiger partial charge < -0.3 is 30.7 Å². The summed E-state index contributed by atoms with van der Waals surface area (Å²) in [5.41, 5.74) is 9.80. The fourth-order valence-corrected chi connectivity index (χ4v) is 4.65. The first-order valence-electron chi connectivity index (χ1n) is 12.8. The molecule has 0 aliphatic carbocycles. The lowest BCUT2D eigenvalue weighted by atomic mass is 10.2. The molecule has 3 aromatic rings. The highest BCUT2D eigenvalue weighted by molar-refractivity contribution is 5.98. The number of nitrogens with two attached hydrogens (primary N) is 1. The number of anilines is 4. The maximum Gasteiger partial charge on any atom is 0.252 e. The van der Waals surface area contributed by atoms with Crippen molar-refractivity contribution in [2.24, 2.45) is 5.73 Å². The molecule has 9 heteroatoms. The van der Waals surface area contributed by atoms with Gasteiger partial charge in [0.2, 0.25) is 0 Å². The third-order valence-electron chi connectivity index (χ3n) is 6.74. The van der Waals surface area contributed by atoms with Gasteiger partial charge in [0.1, 0.15) is 5.82 Å². The number of primary amides is 1. The molecule has 0 saturated carbocycles. The van der Waals surface area contributed by atoms with Crippen molar-refractivity contribution in [3.05, 3.63) is 78.0 Å². The molecular weight excluding hydrogens is 468 g/mol. The summed E-state index contributed by atoms with van der Waals surface area (Å²) in [4.78, 5) is 21.2. The molecule has 194 valence electrons. The third kappa shape index (κ3) is 6.56. The number of carbonyl (C=O) groups excluding carboxylic acids is 1. The largest absolute Gasteiger partial charge is 0.380 e. The quantitative estimate of drug-likeness (QED) is 0.385. The van der Waals surface area contributed by atoms with Crippen LogP contribution in [0.3, 0.4) is 0 Å². The Labute approximate surface area is 217 Å². The highest BCUT2D eigenvalue weighted by atomic mass is 16.9. The number of hydrogen-bond donors (Lipinski definition) is 3. The number of benzene rings is 2. The smallest absolute Gasteiger partial charge is 0.252 e. The molecule has 0 bridgehead atoms. The van der Waals surface area contributed by atoms with E-state index in [-0.39, 0.29) is 12.6 Å². The summed E-state index contributed by atoms with van der Waals surface area (Å²) in [6, 6.07) is 20.2. The normalized spacial score (nSPS) is 19.8. The van der Waals surface area contributed by atoms with Gasteiger partial charge in [-0.05, 0) is 36.8 Å². The number of pyridine rings is 1. The Bertz CT molecular complexity index is 1180. The molecule has 5 rings (SSSR count). The van der Waals surface area contributed by atoms with Crippen molar-refractivity contribution in [2.75, 3.05) is 48.3 Å². The van der Waals surface area contributed by atoms with Crippen LogP contribution in [0.4, 0.5) is 22.9 Å². The zero-order valence-corrected chi connectivity index (χ0v) is 21.1. The molecule has 9 nitrogen and oxygen atoms in total. The molecule has 0 radical (unpaired) electrons. The Morgan fingerprint density at radius 2 is 1.78 bits per heavy atom. The minimum atomic E-state index is -0.515. The molecule has 3 heterocycles. The number of carbonyl (C=O) groups is 1. The average molecular weight is 503 g/mol. The predicted molar refractivity (Wildman–Crippen MR) is 145 cm³/mol. The van der Waals surface area contributed by atoms with Crippen molar-refractivity contribution in [1.82, 2.24) is 9.88 Å². The van der Waals surface area contributed by atoms with Gasteiger partial charge in [-0.15, -0.1) is 0 Å². The van der Waals surface area contributed by atoms with Gasteiger partial charge in [0.15, 0.2) is 12.6 Å². The summed E-state index contributed by atoms with van der Waals surface area (Å²) in [5, 5.41) is 6.64. The van der Waals surface area contributed by atoms with E-state index in [0.717, 1.165) is 50.4 Å². The molecule has 0 atom stereocenters. The van der Waals surface area contributed by atoms with Crippen LogP contribution in [0.5, 0.6) is 0 Å². The Balaban J connectivity index is 1.15. The molecule has 1 aromatic heterocycles. The van der Waals surface area contributed by atoms with E-state index >= 15 is 0 Å². The first-order valence-corrected chi connectivity index (χ1v) is 12.8. The summed E-state index contributed by atoms with van der Waals surface area (Å²) in [5.74, 6) is 0.120. The van der Waals surface area contributed by atoms with E-state index < -0.39 is 5.91 Å². The number of piperazine rings is 1. The van der Waals surface area contributed by atoms with Crippen LogP contribution in [0.1, 0.15) is 29.3 Å². The van der Waals surface area contributed by atoms with E-state index in [1.807, 2.05) is 43.3 Å². The lowest BCUT2D eigenvalue weighted by Crippen LogP contribution is -2.48. The van der Waals surface area contributed by atoms with Gasteiger partial charge in [0.05, 0.1) is 11.3 Å². The average Bonchev–Trinajstić information content (AvgIpc) is 2.90. The van der Waals surface area contributed by atoms with E-state index in [4.69, 9.17) is 15.2 Å². The molecule has 1 amide bonds. The van der Waals surface area contributed by atoms with Crippen LogP contribution in [0.15, 0.2) is 66.9 Å². The van der Waals surface area contributed by atoms with Crippen LogP contribution in [0, 0.1) is 0 Å². The molecule has 2 aliphatic heterocycles. The second-order valence-corrected chi connectivity index (χ2v) is 9.38. The zero-order valence-electron chi connectivity index (χ0n) is 21.1. The lowest BCUT2D eigenvalue weighted by molar-refractivity contribution is -0.377. The van der Waals surface area contributed by atoms with Crippen molar-refractivity contribution in [3.63, 3.8) is 0 Å². The monoisotopic (exact) mass is 502 g/mol. The van der Waals surface area contributed by atoms with E-state index in [1.165, 1.54) is 11.9 Å². The minimum absolute atomic E-state index is 0.0368. The number of nitrogens with zero attached hydrogens (tertiary/aromatic N) is 3. The fourth-order valence-electron chi connectivity index (χ4n) is 4.65. The van der Waals surface area contributed by atoms with Crippen LogP contribution < -0.4 is 21.3 Å². The van der Waals surface area contributed by atoms with Gasteiger partial charge in [0.25, 0.3) is 5.91 Å². The highest BCUT2D eigenvalue weighted by Gasteiger charge is 2.27. The molecule has 2 fully saturated rings. The fraction of sp³-hybridized carbons (Fsp3) is 0.357. The van der Waals surface area contributed by atoms with E-state index in [2.05, 4.69) is 49.7 Å². The van der Waals surface area contributed by atoms with Crippen LogP contribution in [0.2, 0.25) is 0 Å². The summed E-state index contributed by atoms with van der Waals surface area (Å²) in [6.07, 6.45) is 2.34. The number of ether oxygens (including phenoxy) is 2. The molecule has 37 heavy (non-hydrogen) atoms. The van der Waals surface area contributed by atoms with E-state index in [0.29, 0.717) is 23.6 Å². The lowest BCUT2D eigenvalue weighted by Gasteiger charge is -2.38. The molecule has 2 saturated heterocycles. The summed E-state index contributed by atoms with van der Waals surface area (Å²) in [6.45, 7) is 7.53. The van der Waals surface area contributed by atoms with Gasteiger partial charge >= 0.3 is 0 Å². The number of aromatic nitrogens is 1. The maximum absolute atomic E-state index is 11.9. The van der Waals surface area contributed by atoms with Crippen molar-refractivity contribution < 1.29 is 14.3 Å². The second kappa shape index (κ2) is 11.6. The maximum atomic E-state index is 11.9. The Morgan fingerprint density at radius 1 is 1.05 bits per heavy atom. The van der Waals surface area contributed by atoms with Gasteiger partial charge in [-0.1, -0.05) is 30.3 Å². The highest BCUT2D eigenvalue weighted by Crippen LogP contribution is 2.25. The van der Waals surface area contributed by atoms with Gasteiger partial charge in [-0.25, -0.2) is 4.98 Å². The van der Waals surface area contributed by atoms with Crippen molar-refractivity contribution in [1.29, 1.82) is 0 Å². The number of rotatable bonds is 10. The van der Waals surface area contributed by atoms with Gasteiger partial charge in [-0.2, -0.15) is 0 Å². The second-order valence-electron chi connectivity index (χ2n) is 9.38. The standard InChI is InChI=1S/C28H34N6O3/c1-20-36-27(37-20)11-12-33-13-15-34(16-14-33)23-9-7-22(8-10-23)32-26-17-25(24(19-31-26)28(29)35)30-18-21-5-3-2-4-6-21/h2-10,17,19-20,27H,11-16,18H2,1H3,(H2,29,35)(H2,30,31,32). The van der Waals surface area contributed by atoms with E-state index in [9.17, 15) is 4.79 Å². The number of amides is 1. The summed E-state index contributed by atoms with van der Waals surface area (Å²) < 4.78 is 11.1. The minimum Gasteiger partial charge on any atom is -0.380 e. The molecule has 0 unspecified atom stereocenters. The molecule has 4 N–H and O–H groups in total. The topological polar surface area (TPSA) is 105 Å². The van der Waals surface area contributed by atoms with Crippen LogP contribution in [-0.4, -0.2) is 61.1 Å². The van der Waals surface area contributed by atoms with Crippen molar-refractivity contribution >= 4 is 28.8 Å². The summed E-state index contributed by atoms with van der Waals surface area (Å²) >= 11 is 0. The van der Waals surface area contributed by atoms with E-state index in [1.54, 1.807) is 0 Å². The van der Waals surface area contributed by atoms with Gasteiger partial charge in [0, 0.05) is 69.3 Å². The first-order chi connectivity index (χ1) is 18.0. The molecular formula is C28H34N6O3. The number of hydrogen-bond acceptors (Lipinski definition) is 8. The van der Waals surface area contributed by atoms with Crippen molar-refractivity contribution in [3.8, 4) is 0 Å². The molecule has 0 spiro atoms. The molecule has 2 aromatic carbocycles. The number of nitrogens with one attached hydrogen (secondary N) is 2. The zero-order chi connectivity index (χ0) is 25.6. The van der Waals surface area contributed by atoms with Crippen LogP contribution in [0.25, 0.3) is 0 Å². The molecule has 2 aliphatic rings. The van der Waals surface area contributed by atoms with Gasteiger partial charge in [-0.3, -0.25) is 9.69 Å². The van der Waals surface area contributed by atoms with Crippen LogP contribution in [-0.2, 0) is 16.0 Å². The third-order valence-corrected chi connectivity index (χ3v) is 6.74. The SMILES string of the molecule is CC1OC(CCN2CCN(c3ccc(Nc4cc(NCc5ccccc5)c(C(N)=O)cn4)cc3)CC2)O1. The Hall–Kier alpha value is -3.66. The Kier molecular flexibility index (Phi) is 7.84. The predicted octanol–water partition coefficient (Wildman–Crippen LogP) is 3.77. The first kappa shape index (κ1) is 25.0. The van der Waals surface area contributed by atoms with Crippen molar-refractivity contribution in [2.45, 2.75) is 32.5 Å². The Morgan fingerprint density at radius 3 is 2.46 bits per heavy atom.